The second-order valence-electron chi connectivity index (χ2n) is 2.68. The van der Waals surface area contributed by atoms with Gasteiger partial charge in [-0.05, 0) is 18.6 Å². The fourth-order valence-corrected chi connectivity index (χ4v) is 1.27. The Morgan fingerprint density at radius 2 is 2.46 bits per heavy atom. The van der Waals surface area contributed by atoms with Gasteiger partial charge in [0.2, 0.25) is 5.91 Å². The number of nitrogens with one attached hydrogen (secondary N) is 1. The summed E-state index contributed by atoms with van der Waals surface area (Å²) in [5.41, 5.74) is 1.81. The van der Waals surface area contributed by atoms with Crippen LogP contribution in [0.4, 0.5) is 5.69 Å². The normalized spacial score (nSPS) is 9.69. The number of hydrogen-bond donors (Lipinski definition) is 1. The van der Waals surface area contributed by atoms with Crippen molar-refractivity contribution in [3.05, 3.63) is 24.0 Å². The van der Waals surface area contributed by atoms with Crippen LogP contribution in [0.5, 0.6) is 0 Å². The first kappa shape index (κ1) is 10.2. The van der Waals surface area contributed by atoms with E-state index < -0.39 is 0 Å². The number of aromatic nitrogens is 1. The van der Waals surface area contributed by atoms with Crippen LogP contribution >= 0.6 is 15.9 Å². The van der Waals surface area contributed by atoms with Crippen LogP contribution < -0.4 is 5.32 Å². The van der Waals surface area contributed by atoms with Gasteiger partial charge in [-0.3, -0.25) is 9.78 Å². The number of aryl methyl sites for hydroxylation is 1. The maximum atomic E-state index is 11.2. The number of nitrogens with zero attached hydrogens (tertiary/aromatic N) is 1. The molecular weight excluding hydrogens is 232 g/mol. The fourth-order valence-electron chi connectivity index (χ4n) is 0.912. The Morgan fingerprint density at radius 1 is 1.69 bits per heavy atom. The number of hydrogen-bond acceptors (Lipinski definition) is 2. The van der Waals surface area contributed by atoms with E-state index in [1.807, 2.05) is 6.92 Å². The summed E-state index contributed by atoms with van der Waals surface area (Å²) in [6, 6.07) is 1.79. The molecule has 70 valence electrons. The van der Waals surface area contributed by atoms with Crippen LogP contribution in [-0.2, 0) is 4.79 Å². The third-order valence-electron chi connectivity index (χ3n) is 1.62. The Hall–Kier alpha value is -0.900. The van der Waals surface area contributed by atoms with E-state index in [1.54, 1.807) is 18.5 Å². The van der Waals surface area contributed by atoms with E-state index in [2.05, 4.69) is 26.2 Å². The largest absolute Gasteiger partial charge is 0.326 e. The predicted octanol–water partition coefficient (Wildman–Crippen LogP) is 2.11. The second kappa shape index (κ2) is 4.97. The van der Waals surface area contributed by atoms with Gasteiger partial charge >= 0.3 is 0 Å². The summed E-state index contributed by atoms with van der Waals surface area (Å²) < 4.78 is 0. The Labute approximate surface area is 85.7 Å². The van der Waals surface area contributed by atoms with Crippen LogP contribution in [0.15, 0.2) is 18.5 Å². The molecule has 1 heterocycles. The molecule has 1 amide bonds. The van der Waals surface area contributed by atoms with Crippen LogP contribution in [-0.4, -0.2) is 16.2 Å². The summed E-state index contributed by atoms with van der Waals surface area (Å²) in [5.74, 6) is 0.0196. The van der Waals surface area contributed by atoms with Gasteiger partial charge in [0.15, 0.2) is 0 Å². The molecule has 0 radical (unpaired) electrons. The van der Waals surface area contributed by atoms with Crippen molar-refractivity contribution in [2.45, 2.75) is 13.3 Å². The maximum absolute atomic E-state index is 11.2. The zero-order valence-electron chi connectivity index (χ0n) is 7.38. The Balaban J connectivity index is 2.63. The molecule has 0 fully saturated rings. The summed E-state index contributed by atoms with van der Waals surface area (Å²) in [7, 11) is 0. The van der Waals surface area contributed by atoms with Crippen LogP contribution in [0, 0.1) is 6.92 Å². The lowest BCUT2D eigenvalue weighted by molar-refractivity contribution is -0.115. The summed E-state index contributed by atoms with van der Waals surface area (Å²) in [4.78, 5) is 15.1. The topological polar surface area (TPSA) is 42.0 Å². The minimum absolute atomic E-state index is 0.0196. The number of halogens is 1. The van der Waals surface area contributed by atoms with Crippen LogP contribution in [0.3, 0.4) is 0 Å². The van der Waals surface area contributed by atoms with E-state index in [9.17, 15) is 4.79 Å². The standard InChI is InChI=1S/C9H11BrN2O/c1-7-6-11-5-3-8(7)12-9(13)2-4-10/h3,5-6H,2,4H2,1H3,(H,11,12,13). The lowest BCUT2D eigenvalue weighted by atomic mass is 10.2. The van der Waals surface area contributed by atoms with E-state index in [4.69, 9.17) is 0 Å². The first-order valence-corrected chi connectivity index (χ1v) is 5.12. The zero-order chi connectivity index (χ0) is 9.68. The Morgan fingerprint density at radius 3 is 3.08 bits per heavy atom. The first-order valence-electron chi connectivity index (χ1n) is 4.00. The number of anilines is 1. The van der Waals surface area contributed by atoms with Gasteiger partial charge in [-0.15, -0.1) is 0 Å². The summed E-state index contributed by atoms with van der Waals surface area (Å²) in [6.07, 6.45) is 3.88. The van der Waals surface area contributed by atoms with Crippen LogP contribution in [0.2, 0.25) is 0 Å². The van der Waals surface area contributed by atoms with E-state index in [-0.39, 0.29) is 5.91 Å². The van der Waals surface area contributed by atoms with Crippen molar-refractivity contribution in [1.29, 1.82) is 0 Å². The Kier molecular flexibility index (Phi) is 3.89. The highest BCUT2D eigenvalue weighted by molar-refractivity contribution is 9.09. The predicted molar refractivity (Wildman–Crippen MR) is 56.0 cm³/mol. The molecule has 1 aromatic heterocycles. The van der Waals surface area contributed by atoms with Crippen molar-refractivity contribution in [2.75, 3.05) is 10.6 Å². The molecule has 0 atom stereocenters. The van der Waals surface area contributed by atoms with Crippen molar-refractivity contribution < 1.29 is 4.79 Å². The van der Waals surface area contributed by atoms with Crippen molar-refractivity contribution in [1.82, 2.24) is 4.98 Å². The lowest BCUT2D eigenvalue weighted by Gasteiger charge is -2.05. The zero-order valence-corrected chi connectivity index (χ0v) is 8.97. The summed E-state index contributed by atoms with van der Waals surface area (Å²) in [5, 5.41) is 3.49. The highest BCUT2D eigenvalue weighted by atomic mass is 79.9. The second-order valence-corrected chi connectivity index (χ2v) is 3.47. The van der Waals surface area contributed by atoms with Gasteiger partial charge < -0.3 is 5.32 Å². The minimum atomic E-state index is 0.0196. The molecule has 13 heavy (non-hydrogen) atoms. The van der Waals surface area contributed by atoms with E-state index >= 15 is 0 Å². The summed E-state index contributed by atoms with van der Waals surface area (Å²) >= 11 is 3.21. The number of alkyl halides is 1. The molecule has 1 N–H and O–H groups in total. The highest BCUT2D eigenvalue weighted by Crippen LogP contribution is 2.11. The average molecular weight is 243 g/mol. The van der Waals surface area contributed by atoms with Crippen LogP contribution in [0.25, 0.3) is 0 Å². The molecule has 0 saturated carbocycles. The third kappa shape index (κ3) is 3.14. The number of amides is 1. The van der Waals surface area contributed by atoms with E-state index in [0.717, 1.165) is 11.3 Å². The molecule has 0 aliphatic heterocycles. The first-order chi connectivity index (χ1) is 6.24. The van der Waals surface area contributed by atoms with E-state index in [0.29, 0.717) is 11.8 Å². The Bertz CT molecular complexity index is 301. The van der Waals surface area contributed by atoms with Gasteiger partial charge in [0.05, 0.1) is 0 Å². The SMILES string of the molecule is Cc1cnccc1NC(=O)CCBr. The van der Waals surface area contributed by atoms with Gasteiger partial charge in [-0.2, -0.15) is 0 Å². The fraction of sp³-hybridized carbons (Fsp3) is 0.333. The molecule has 0 spiro atoms. The van der Waals surface area contributed by atoms with Crippen LogP contribution in [0.1, 0.15) is 12.0 Å². The summed E-state index contributed by atoms with van der Waals surface area (Å²) in [6.45, 7) is 1.91. The molecular formula is C9H11BrN2O. The molecule has 0 aliphatic rings. The molecule has 1 rings (SSSR count). The van der Waals surface area contributed by atoms with Crippen molar-refractivity contribution in [3.63, 3.8) is 0 Å². The molecule has 3 nitrogen and oxygen atoms in total. The molecule has 0 unspecified atom stereocenters. The molecule has 0 aliphatic carbocycles. The van der Waals surface area contributed by atoms with Gasteiger partial charge in [0.1, 0.15) is 0 Å². The lowest BCUT2D eigenvalue weighted by Crippen LogP contribution is -2.12. The van der Waals surface area contributed by atoms with Gasteiger partial charge in [-0.25, -0.2) is 0 Å². The number of carbonyl (C=O) groups is 1. The molecule has 0 aromatic carbocycles. The number of carbonyl (C=O) groups excluding carboxylic acids is 1. The van der Waals surface area contributed by atoms with Crippen molar-refractivity contribution in [2.24, 2.45) is 0 Å². The molecule has 0 saturated heterocycles. The van der Waals surface area contributed by atoms with Crippen molar-refractivity contribution >= 4 is 27.5 Å². The van der Waals surface area contributed by atoms with Crippen molar-refractivity contribution in [3.8, 4) is 0 Å². The molecule has 1 aromatic rings. The minimum Gasteiger partial charge on any atom is -0.326 e. The van der Waals surface area contributed by atoms with Gasteiger partial charge in [-0.1, -0.05) is 15.9 Å². The smallest absolute Gasteiger partial charge is 0.225 e. The van der Waals surface area contributed by atoms with Gasteiger partial charge in [0.25, 0.3) is 0 Å². The molecule has 0 bridgehead atoms. The molecule has 4 heteroatoms. The third-order valence-corrected chi connectivity index (χ3v) is 2.01. The monoisotopic (exact) mass is 242 g/mol. The quantitative estimate of drug-likeness (QED) is 0.826. The number of pyridine rings is 1. The van der Waals surface area contributed by atoms with E-state index in [1.165, 1.54) is 0 Å². The number of rotatable bonds is 3. The van der Waals surface area contributed by atoms with Gasteiger partial charge in [0, 0.05) is 29.8 Å². The maximum Gasteiger partial charge on any atom is 0.225 e. The average Bonchev–Trinajstić information content (AvgIpc) is 2.09. The highest BCUT2D eigenvalue weighted by Gasteiger charge is 2.02.